The molecule has 0 radical (unpaired) electrons. The minimum Gasteiger partial charge on any atom is -0.340 e. The summed E-state index contributed by atoms with van der Waals surface area (Å²) < 4.78 is 13.6. The topological polar surface area (TPSA) is 35.6 Å². The van der Waals surface area contributed by atoms with Gasteiger partial charge in [0.05, 0.1) is 0 Å². The second-order valence-corrected chi connectivity index (χ2v) is 7.34. The number of nitrogens with one attached hydrogen (secondary N) is 1. The third-order valence-corrected chi connectivity index (χ3v) is 5.24. The zero-order valence-electron chi connectivity index (χ0n) is 16.9. The Hall–Kier alpha value is -2.50. The summed E-state index contributed by atoms with van der Waals surface area (Å²) in [7, 11) is 0. The maximum absolute atomic E-state index is 13.6. The molecular weight excluding hydrogens is 365 g/mol. The normalized spacial score (nSPS) is 15.1. The molecule has 3 rings (SSSR count). The second kappa shape index (κ2) is 11.5. The van der Waals surface area contributed by atoms with Crippen molar-refractivity contribution in [3.8, 4) is 0 Å². The molecule has 2 aromatic carbocycles. The lowest BCUT2D eigenvalue weighted by Gasteiger charge is -2.34. The summed E-state index contributed by atoms with van der Waals surface area (Å²) in [6.07, 6.45) is 5.46. The van der Waals surface area contributed by atoms with Crippen molar-refractivity contribution in [1.29, 1.82) is 0 Å². The molecule has 29 heavy (non-hydrogen) atoms. The molecular formula is C24H30FN3O. The fraction of sp³-hybridized carbons (Fsp3) is 0.375. The van der Waals surface area contributed by atoms with Crippen molar-refractivity contribution >= 4 is 12.0 Å². The lowest BCUT2D eigenvalue weighted by Crippen LogP contribution is -2.49. The van der Waals surface area contributed by atoms with Crippen LogP contribution in [-0.2, 0) is 11.2 Å². The third kappa shape index (κ3) is 7.11. The van der Waals surface area contributed by atoms with E-state index in [-0.39, 0.29) is 11.7 Å². The van der Waals surface area contributed by atoms with Crippen LogP contribution in [0.15, 0.2) is 60.7 Å². The molecule has 1 saturated heterocycles. The third-order valence-electron chi connectivity index (χ3n) is 5.24. The number of benzene rings is 2. The van der Waals surface area contributed by atoms with Gasteiger partial charge in [-0.2, -0.15) is 0 Å². The van der Waals surface area contributed by atoms with E-state index >= 15 is 0 Å². The van der Waals surface area contributed by atoms with Crippen LogP contribution in [0, 0.1) is 5.82 Å². The molecule has 154 valence electrons. The molecule has 1 fully saturated rings. The number of carbonyl (C=O) groups excluding carboxylic acids is 1. The summed E-state index contributed by atoms with van der Waals surface area (Å²) in [5.74, 6) is 0.0322. The minimum atomic E-state index is -0.165. The Morgan fingerprint density at radius 3 is 2.45 bits per heavy atom. The Balaban J connectivity index is 1.28. The van der Waals surface area contributed by atoms with Gasteiger partial charge in [0, 0.05) is 45.7 Å². The van der Waals surface area contributed by atoms with Crippen LogP contribution in [0.5, 0.6) is 0 Å². The summed E-state index contributed by atoms with van der Waals surface area (Å²) in [6, 6.07) is 17.1. The number of hydrogen-bond donors (Lipinski definition) is 1. The SMILES string of the molecule is O=C(CCNCCc1ccccc1F)N1CCN(C/C=C/c2ccccc2)CC1. The molecule has 1 amide bonds. The number of hydrogen-bond acceptors (Lipinski definition) is 3. The van der Waals surface area contributed by atoms with E-state index in [9.17, 15) is 9.18 Å². The quantitative estimate of drug-likeness (QED) is 0.663. The van der Waals surface area contributed by atoms with E-state index in [1.807, 2.05) is 29.2 Å². The van der Waals surface area contributed by atoms with Crippen LogP contribution in [0.1, 0.15) is 17.5 Å². The number of nitrogens with zero attached hydrogens (tertiary/aromatic N) is 2. The molecule has 1 heterocycles. The minimum absolute atomic E-state index is 0.165. The molecule has 0 aliphatic carbocycles. The van der Waals surface area contributed by atoms with Gasteiger partial charge in [-0.15, -0.1) is 0 Å². The van der Waals surface area contributed by atoms with Crippen molar-refractivity contribution < 1.29 is 9.18 Å². The van der Waals surface area contributed by atoms with Crippen molar-refractivity contribution in [1.82, 2.24) is 15.1 Å². The smallest absolute Gasteiger partial charge is 0.223 e. The van der Waals surface area contributed by atoms with Crippen molar-refractivity contribution in [2.45, 2.75) is 12.8 Å². The van der Waals surface area contributed by atoms with E-state index in [0.29, 0.717) is 31.5 Å². The molecule has 0 atom stereocenters. The molecule has 0 unspecified atom stereocenters. The highest BCUT2D eigenvalue weighted by molar-refractivity contribution is 5.76. The van der Waals surface area contributed by atoms with Crippen LogP contribution in [0.25, 0.3) is 6.08 Å². The van der Waals surface area contributed by atoms with Gasteiger partial charge in [0.2, 0.25) is 5.91 Å². The molecule has 2 aromatic rings. The standard InChI is InChI=1S/C24H30FN3O/c25-23-11-5-4-10-22(23)12-14-26-15-13-24(29)28-19-17-27(18-20-28)16-6-9-21-7-2-1-3-8-21/h1-11,26H,12-20H2/b9-6+. The van der Waals surface area contributed by atoms with E-state index in [0.717, 1.165) is 32.7 Å². The molecule has 0 spiro atoms. The average molecular weight is 396 g/mol. The van der Waals surface area contributed by atoms with Gasteiger partial charge in [-0.3, -0.25) is 9.69 Å². The number of rotatable bonds is 9. The lowest BCUT2D eigenvalue weighted by molar-refractivity contribution is -0.132. The Morgan fingerprint density at radius 2 is 1.69 bits per heavy atom. The van der Waals surface area contributed by atoms with E-state index < -0.39 is 0 Å². The molecule has 1 N–H and O–H groups in total. The van der Waals surface area contributed by atoms with Gasteiger partial charge < -0.3 is 10.2 Å². The van der Waals surface area contributed by atoms with Crippen LogP contribution in [0.3, 0.4) is 0 Å². The van der Waals surface area contributed by atoms with Gasteiger partial charge in [0.15, 0.2) is 0 Å². The fourth-order valence-corrected chi connectivity index (χ4v) is 3.48. The van der Waals surface area contributed by atoms with Gasteiger partial charge in [-0.1, -0.05) is 60.7 Å². The Morgan fingerprint density at radius 1 is 0.966 bits per heavy atom. The molecule has 0 bridgehead atoms. The van der Waals surface area contributed by atoms with Crippen molar-refractivity contribution in [3.63, 3.8) is 0 Å². The van der Waals surface area contributed by atoms with Gasteiger partial charge in [-0.05, 0) is 30.2 Å². The monoisotopic (exact) mass is 395 g/mol. The largest absolute Gasteiger partial charge is 0.340 e. The zero-order valence-corrected chi connectivity index (χ0v) is 16.9. The van der Waals surface area contributed by atoms with Gasteiger partial charge in [0.25, 0.3) is 0 Å². The first kappa shape index (κ1) is 21.2. The van der Waals surface area contributed by atoms with Crippen LogP contribution in [-0.4, -0.2) is 61.5 Å². The summed E-state index contributed by atoms with van der Waals surface area (Å²) in [5, 5.41) is 3.25. The highest BCUT2D eigenvalue weighted by Gasteiger charge is 2.19. The highest BCUT2D eigenvalue weighted by Crippen LogP contribution is 2.07. The van der Waals surface area contributed by atoms with Crippen LogP contribution >= 0.6 is 0 Å². The van der Waals surface area contributed by atoms with Gasteiger partial charge in [-0.25, -0.2) is 4.39 Å². The van der Waals surface area contributed by atoms with Crippen LogP contribution in [0.2, 0.25) is 0 Å². The second-order valence-electron chi connectivity index (χ2n) is 7.34. The summed E-state index contributed by atoms with van der Waals surface area (Å²) in [6.45, 7) is 5.61. The molecule has 1 aliphatic rings. The average Bonchev–Trinajstić information content (AvgIpc) is 2.76. The van der Waals surface area contributed by atoms with Crippen molar-refractivity contribution in [2.24, 2.45) is 0 Å². The number of halogens is 1. The first-order chi connectivity index (χ1) is 14.2. The van der Waals surface area contributed by atoms with E-state index in [1.165, 1.54) is 11.6 Å². The van der Waals surface area contributed by atoms with Gasteiger partial charge >= 0.3 is 0 Å². The maximum Gasteiger partial charge on any atom is 0.223 e. The number of amides is 1. The van der Waals surface area contributed by atoms with Crippen LogP contribution in [0.4, 0.5) is 4.39 Å². The first-order valence-electron chi connectivity index (χ1n) is 10.4. The first-order valence-corrected chi connectivity index (χ1v) is 10.4. The molecule has 0 saturated carbocycles. The predicted molar refractivity (Wildman–Crippen MR) is 116 cm³/mol. The lowest BCUT2D eigenvalue weighted by atomic mass is 10.1. The summed E-state index contributed by atoms with van der Waals surface area (Å²) in [5.41, 5.74) is 1.92. The van der Waals surface area contributed by atoms with E-state index in [1.54, 1.807) is 12.1 Å². The summed E-state index contributed by atoms with van der Waals surface area (Å²) in [4.78, 5) is 16.7. The molecule has 1 aliphatic heterocycles. The molecule has 4 nitrogen and oxygen atoms in total. The van der Waals surface area contributed by atoms with Crippen molar-refractivity contribution in [3.05, 3.63) is 77.6 Å². The fourth-order valence-electron chi connectivity index (χ4n) is 3.48. The number of carbonyl (C=O) groups is 1. The summed E-state index contributed by atoms with van der Waals surface area (Å²) >= 11 is 0. The predicted octanol–water partition coefficient (Wildman–Crippen LogP) is 3.21. The van der Waals surface area contributed by atoms with E-state index in [4.69, 9.17) is 0 Å². The van der Waals surface area contributed by atoms with Crippen LogP contribution < -0.4 is 5.32 Å². The maximum atomic E-state index is 13.6. The Bertz CT molecular complexity index is 786. The highest BCUT2D eigenvalue weighted by atomic mass is 19.1. The van der Waals surface area contributed by atoms with Gasteiger partial charge in [0.1, 0.15) is 5.82 Å². The molecule has 5 heteroatoms. The Labute approximate surface area is 173 Å². The number of piperazine rings is 1. The van der Waals surface area contributed by atoms with E-state index in [2.05, 4.69) is 34.5 Å². The molecule has 0 aromatic heterocycles. The zero-order chi connectivity index (χ0) is 20.3. The van der Waals surface area contributed by atoms with Crippen molar-refractivity contribution in [2.75, 3.05) is 45.8 Å². The Kier molecular flexibility index (Phi) is 8.40.